The van der Waals surface area contributed by atoms with Crippen LogP contribution in [0.2, 0.25) is 0 Å². The molecule has 1 N–H and O–H groups in total. The summed E-state index contributed by atoms with van der Waals surface area (Å²) in [6.07, 6.45) is 4.23. The van der Waals surface area contributed by atoms with Crippen molar-refractivity contribution in [1.29, 1.82) is 5.26 Å². The molecule has 0 spiro atoms. The normalized spacial score (nSPS) is 13.6. The molecule has 6 nitrogen and oxygen atoms in total. The van der Waals surface area contributed by atoms with Crippen LogP contribution in [0.15, 0.2) is 60.2 Å². The molecule has 30 heavy (non-hydrogen) atoms. The van der Waals surface area contributed by atoms with Crippen molar-refractivity contribution in [2.75, 3.05) is 26.2 Å². The summed E-state index contributed by atoms with van der Waals surface area (Å²) in [6.45, 7) is 1.91. The Hall–Kier alpha value is -3.59. The average Bonchev–Trinajstić information content (AvgIpc) is 3.32. The van der Waals surface area contributed by atoms with Crippen molar-refractivity contribution in [2.24, 2.45) is 0 Å². The number of hydrogen-bond acceptors (Lipinski definition) is 4. The lowest BCUT2D eigenvalue weighted by Gasteiger charge is -2.16. The van der Waals surface area contributed by atoms with Gasteiger partial charge in [0.15, 0.2) is 6.61 Å². The fourth-order valence-electron chi connectivity index (χ4n) is 3.29. The molecule has 2 aromatic carbocycles. The van der Waals surface area contributed by atoms with E-state index in [9.17, 15) is 14.9 Å². The number of hydrogen-bond donors (Lipinski definition) is 1. The smallest absolute Gasteiger partial charge is 0.261 e. The van der Waals surface area contributed by atoms with E-state index in [4.69, 9.17) is 4.74 Å². The number of carbonyl (C=O) groups excluding carboxylic acids is 2. The minimum Gasteiger partial charge on any atom is -0.483 e. The number of likely N-dealkylation sites (tertiary alicyclic amines) is 1. The molecule has 1 aliphatic heterocycles. The van der Waals surface area contributed by atoms with Crippen LogP contribution in [-0.2, 0) is 16.0 Å². The molecule has 0 radical (unpaired) electrons. The number of nitrogens with zero attached hydrogens (tertiary/aromatic N) is 2. The molecule has 154 valence electrons. The molecule has 6 heteroatoms. The Labute approximate surface area is 176 Å². The molecule has 0 aromatic heterocycles. The summed E-state index contributed by atoms with van der Waals surface area (Å²) in [7, 11) is 0. The van der Waals surface area contributed by atoms with Gasteiger partial charge in [-0.3, -0.25) is 9.59 Å². The summed E-state index contributed by atoms with van der Waals surface area (Å²) >= 11 is 0. The predicted octanol–water partition coefficient (Wildman–Crippen LogP) is 2.95. The monoisotopic (exact) mass is 403 g/mol. The maximum atomic E-state index is 12.4. The topological polar surface area (TPSA) is 82.4 Å². The van der Waals surface area contributed by atoms with Crippen molar-refractivity contribution < 1.29 is 14.3 Å². The SMILES string of the molecule is N#C/C(=C\c1ccccc1OCC(=O)N1CCCC1)C(=O)NCCc1ccccc1. The van der Waals surface area contributed by atoms with Crippen LogP contribution in [0, 0.1) is 11.3 Å². The van der Waals surface area contributed by atoms with Crippen LogP contribution in [0.3, 0.4) is 0 Å². The van der Waals surface area contributed by atoms with Crippen molar-refractivity contribution in [2.45, 2.75) is 19.3 Å². The largest absolute Gasteiger partial charge is 0.483 e. The van der Waals surface area contributed by atoms with Gasteiger partial charge in [0.2, 0.25) is 0 Å². The van der Waals surface area contributed by atoms with E-state index < -0.39 is 5.91 Å². The van der Waals surface area contributed by atoms with Crippen molar-refractivity contribution >= 4 is 17.9 Å². The first-order valence-electron chi connectivity index (χ1n) is 10.1. The van der Waals surface area contributed by atoms with Crippen molar-refractivity contribution in [3.05, 3.63) is 71.3 Å². The first kappa shape index (κ1) is 21.1. The number of nitriles is 1. The third kappa shape index (κ3) is 5.95. The van der Waals surface area contributed by atoms with Crippen LogP contribution in [0.25, 0.3) is 6.08 Å². The van der Waals surface area contributed by atoms with Gasteiger partial charge < -0.3 is 15.0 Å². The molecule has 0 atom stereocenters. The molecule has 2 aromatic rings. The average molecular weight is 403 g/mol. The van der Waals surface area contributed by atoms with Crippen molar-refractivity contribution in [3.8, 4) is 11.8 Å². The van der Waals surface area contributed by atoms with Gasteiger partial charge in [-0.1, -0.05) is 48.5 Å². The van der Waals surface area contributed by atoms with Gasteiger partial charge in [-0.05, 0) is 37.0 Å². The summed E-state index contributed by atoms with van der Waals surface area (Å²) < 4.78 is 5.70. The Kier molecular flexibility index (Phi) is 7.62. The van der Waals surface area contributed by atoms with Crippen LogP contribution >= 0.6 is 0 Å². The Bertz CT molecular complexity index is 942. The highest BCUT2D eigenvalue weighted by molar-refractivity contribution is 6.02. The molecule has 0 saturated carbocycles. The van der Waals surface area contributed by atoms with Gasteiger partial charge in [0.25, 0.3) is 11.8 Å². The van der Waals surface area contributed by atoms with E-state index in [1.54, 1.807) is 29.2 Å². The molecule has 1 fully saturated rings. The first-order chi connectivity index (χ1) is 14.7. The van der Waals surface area contributed by atoms with Crippen LogP contribution in [0.5, 0.6) is 5.75 Å². The lowest BCUT2D eigenvalue weighted by Crippen LogP contribution is -2.32. The Morgan fingerprint density at radius 2 is 1.77 bits per heavy atom. The standard InChI is InChI=1S/C24H25N3O3/c25-17-21(24(29)26-13-12-19-8-2-1-3-9-19)16-20-10-4-5-11-22(20)30-18-23(28)27-14-6-7-15-27/h1-5,8-11,16H,6-7,12-15,18H2,(H,26,29)/b21-16+. The highest BCUT2D eigenvalue weighted by Crippen LogP contribution is 2.21. The molecule has 1 aliphatic rings. The van der Waals surface area contributed by atoms with Gasteiger partial charge in [-0.15, -0.1) is 0 Å². The fraction of sp³-hybridized carbons (Fsp3) is 0.292. The highest BCUT2D eigenvalue weighted by atomic mass is 16.5. The highest BCUT2D eigenvalue weighted by Gasteiger charge is 2.18. The van der Waals surface area contributed by atoms with E-state index in [-0.39, 0.29) is 18.1 Å². The first-order valence-corrected chi connectivity index (χ1v) is 10.1. The number of carbonyl (C=O) groups is 2. The van der Waals surface area contributed by atoms with E-state index in [0.29, 0.717) is 24.3 Å². The molecule has 0 unspecified atom stereocenters. The Morgan fingerprint density at radius 1 is 1.07 bits per heavy atom. The lowest BCUT2D eigenvalue weighted by molar-refractivity contribution is -0.132. The lowest BCUT2D eigenvalue weighted by atomic mass is 10.1. The second-order valence-corrected chi connectivity index (χ2v) is 7.08. The summed E-state index contributed by atoms with van der Waals surface area (Å²) in [5.41, 5.74) is 1.69. The van der Waals surface area contributed by atoms with Gasteiger partial charge in [-0.25, -0.2) is 0 Å². The quantitative estimate of drug-likeness (QED) is 0.543. The number of para-hydroxylation sites is 1. The fourth-order valence-corrected chi connectivity index (χ4v) is 3.29. The second-order valence-electron chi connectivity index (χ2n) is 7.08. The zero-order chi connectivity index (χ0) is 21.2. The molecule has 1 saturated heterocycles. The maximum absolute atomic E-state index is 12.4. The number of rotatable bonds is 8. The third-order valence-electron chi connectivity index (χ3n) is 4.94. The zero-order valence-electron chi connectivity index (χ0n) is 16.8. The molecule has 1 heterocycles. The van der Waals surface area contributed by atoms with Crippen LogP contribution in [-0.4, -0.2) is 43.0 Å². The summed E-state index contributed by atoms with van der Waals surface area (Å²) in [4.78, 5) is 26.4. The second kappa shape index (κ2) is 10.8. The van der Waals surface area contributed by atoms with Crippen LogP contribution < -0.4 is 10.1 Å². The minimum atomic E-state index is -0.434. The van der Waals surface area contributed by atoms with Crippen molar-refractivity contribution in [3.63, 3.8) is 0 Å². The van der Waals surface area contributed by atoms with Gasteiger partial charge in [0.05, 0.1) is 0 Å². The van der Waals surface area contributed by atoms with E-state index >= 15 is 0 Å². The summed E-state index contributed by atoms with van der Waals surface area (Å²) in [5, 5.41) is 12.2. The number of ether oxygens (including phenoxy) is 1. The van der Waals surface area contributed by atoms with Gasteiger partial charge in [-0.2, -0.15) is 5.26 Å². The van der Waals surface area contributed by atoms with E-state index in [1.165, 1.54) is 6.08 Å². The Morgan fingerprint density at radius 3 is 2.50 bits per heavy atom. The molecule has 2 amide bonds. The number of nitrogens with one attached hydrogen (secondary N) is 1. The predicted molar refractivity (Wildman–Crippen MR) is 114 cm³/mol. The van der Waals surface area contributed by atoms with Crippen LogP contribution in [0.1, 0.15) is 24.0 Å². The van der Waals surface area contributed by atoms with Gasteiger partial charge >= 0.3 is 0 Å². The van der Waals surface area contributed by atoms with Gasteiger partial charge in [0.1, 0.15) is 17.4 Å². The van der Waals surface area contributed by atoms with E-state index in [2.05, 4.69) is 5.32 Å². The zero-order valence-corrected chi connectivity index (χ0v) is 16.8. The molecule has 0 bridgehead atoms. The summed E-state index contributed by atoms with van der Waals surface area (Å²) in [5.74, 6) is -0.0169. The van der Waals surface area contributed by atoms with E-state index in [0.717, 1.165) is 31.5 Å². The minimum absolute atomic E-state index is 0.00928. The Balaban J connectivity index is 1.61. The molecule has 0 aliphatic carbocycles. The summed E-state index contributed by atoms with van der Waals surface area (Å²) in [6, 6.07) is 18.8. The molecular formula is C24H25N3O3. The number of amides is 2. The third-order valence-corrected chi connectivity index (χ3v) is 4.94. The van der Waals surface area contributed by atoms with Crippen molar-refractivity contribution in [1.82, 2.24) is 10.2 Å². The maximum Gasteiger partial charge on any atom is 0.261 e. The van der Waals surface area contributed by atoms with Crippen LogP contribution in [0.4, 0.5) is 0 Å². The molecule has 3 rings (SSSR count). The van der Waals surface area contributed by atoms with Gasteiger partial charge in [0, 0.05) is 25.2 Å². The molecular weight excluding hydrogens is 378 g/mol. The van der Waals surface area contributed by atoms with E-state index in [1.807, 2.05) is 36.4 Å². The number of benzene rings is 2.